The van der Waals surface area contributed by atoms with Crippen LogP contribution in [0.2, 0.25) is 0 Å². The average molecular weight is 635 g/mol. The highest BCUT2D eigenvalue weighted by molar-refractivity contribution is 6.05. The number of likely N-dealkylation sites (tertiary alicyclic amines) is 1. The second-order valence-electron chi connectivity index (χ2n) is 13.2. The number of carbonyl (C=O) groups excluding carboxylic acids is 2. The monoisotopic (exact) mass is 634 g/mol. The number of hydrogen-bond acceptors (Lipinski definition) is 7. The van der Waals surface area contributed by atoms with Gasteiger partial charge in [0, 0.05) is 42.5 Å². The molecule has 3 N–H and O–H groups in total. The minimum atomic E-state index is -0.542. The fraction of sp³-hybridized carbons (Fsp3) is 0.343. The number of nitrogens with one attached hydrogen (secondary N) is 1. The Morgan fingerprint density at radius 3 is 2.43 bits per heavy atom. The maximum atomic E-state index is 13.5. The van der Waals surface area contributed by atoms with Gasteiger partial charge in [-0.25, -0.2) is 19.0 Å². The highest BCUT2D eigenvalue weighted by Crippen LogP contribution is 2.37. The molecule has 12 heteroatoms. The summed E-state index contributed by atoms with van der Waals surface area (Å²) in [6.07, 6.45) is 4.23. The van der Waals surface area contributed by atoms with E-state index in [1.54, 1.807) is 9.58 Å². The van der Waals surface area contributed by atoms with E-state index in [2.05, 4.69) is 21.5 Å². The van der Waals surface area contributed by atoms with Crippen LogP contribution in [0.1, 0.15) is 67.7 Å². The van der Waals surface area contributed by atoms with E-state index in [1.807, 2.05) is 84.6 Å². The molecule has 0 saturated carbocycles. The smallest absolute Gasteiger partial charge is 0.410 e. The molecule has 2 aliphatic heterocycles. The van der Waals surface area contributed by atoms with Gasteiger partial charge in [0.05, 0.1) is 11.4 Å². The van der Waals surface area contributed by atoms with Crippen molar-refractivity contribution in [3.63, 3.8) is 0 Å². The van der Waals surface area contributed by atoms with Crippen molar-refractivity contribution >= 4 is 29.0 Å². The number of nitrogens with two attached hydrogens (primary N) is 1. The first-order chi connectivity index (χ1) is 22.6. The summed E-state index contributed by atoms with van der Waals surface area (Å²) in [7, 11) is 0. The van der Waals surface area contributed by atoms with Crippen molar-refractivity contribution in [3.8, 4) is 16.8 Å². The Bertz CT molecular complexity index is 2030. The van der Waals surface area contributed by atoms with Gasteiger partial charge in [0.15, 0.2) is 5.82 Å². The summed E-state index contributed by atoms with van der Waals surface area (Å²) in [4.78, 5) is 45.7. The summed E-state index contributed by atoms with van der Waals surface area (Å²) in [6.45, 7) is 7.45. The maximum Gasteiger partial charge on any atom is 0.410 e. The van der Waals surface area contributed by atoms with Crippen molar-refractivity contribution in [2.24, 2.45) is 0 Å². The number of nitrogen functional groups attached to an aromatic ring is 1. The van der Waals surface area contributed by atoms with E-state index in [0.29, 0.717) is 43.1 Å². The van der Waals surface area contributed by atoms with Gasteiger partial charge in [-0.05, 0) is 82.3 Å². The van der Waals surface area contributed by atoms with Gasteiger partial charge in [-0.15, -0.1) is 0 Å². The van der Waals surface area contributed by atoms with Crippen molar-refractivity contribution < 1.29 is 14.3 Å². The Morgan fingerprint density at radius 2 is 1.72 bits per heavy atom. The number of para-hydroxylation sites is 1. The zero-order valence-corrected chi connectivity index (χ0v) is 26.8. The molecule has 3 aromatic heterocycles. The number of piperidine rings is 1. The predicted octanol–water partition coefficient (Wildman–Crippen LogP) is 5.24. The molecule has 1 saturated heterocycles. The first kappa shape index (κ1) is 30.3. The third kappa shape index (κ3) is 5.64. The van der Waals surface area contributed by atoms with E-state index in [1.165, 1.54) is 6.33 Å². The molecule has 5 aromatic rings. The van der Waals surface area contributed by atoms with Crippen LogP contribution < -0.4 is 16.6 Å². The number of aromatic nitrogens is 5. The second kappa shape index (κ2) is 11.8. The van der Waals surface area contributed by atoms with Crippen molar-refractivity contribution in [3.05, 3.63) is 94.3 Å². The molecule has 5 heterocycles. The SMILES string of the molecule is CC(C)(C)OC(=O)N1CCC(c2cc(-c3ccc(NC(=O)c4c5n(n(-c6ccccc6)c4=O)CCC5)cc3)c3c(N)ncnn23)CC1. The van der Waals surface area contributed by atoms with E-state index in [4.69, 9.17) is 10.5 Å². The lowest BCUT2D eigenvalue weighted by atomic mass is 9.93. The maximum absolute atomic E-state index is 13.5. The molecule has 242 valence electrons. The lowest BCUT2D eigenvalue weighted by molar-refractivity contribution is 0.0203. The van der Waals surface area contributed by atoms with Gasteiger partial charge in [0.1, 0.15) is 23.0 Å². The molecular formula is C35H38N8O4. The summed E-state index contributed by atoms with van der Waals surface area (Å²) < 4.78 is 10.9. The van der Waals surface area contributed by atoms with Crippen LogP contribution in [0.4, 0.5) is 16.3 Å². The topological polar surface area (TPSA) is 142 Å². The van der Waals surface area contributed by atoms with Gasteiger partial charge in [-0.1, -0.05) is 30.3 Å². The van der Waals surface area contributed by atoms with Crippen molar-refractivity contribution in [2.75, 3.05) is 24.1 Å². The second-order valence-corrected chi connectivity index (χ2v) is 13.2. The Labute approximate surface area is 271 Å². The molecular weight excluding hydrogens is 596 g/mol. The summed E-state index contributed by atoms with van der Waals surface area (Å²) in [5.74, 6) is 0.101. The number of fused-ring (bicyclic) bond motifs is 2. The molecule has 0 atom stereocenters. The summed E-state index contributed by atoms with van der Waals surface area (Å²) in [5, 5.41) is 7.49. The van der Waals surface area contributed by atoms with Crippen LogP contribution in [0.15, 0.2) is 71.8 Å². The molecule has 0 bridgehead atoms. The number of carbonyl (C=O) groups is 2. The number of rotatable bonds is 5. The number of hydrogen-bond donors (Lipinski definition) is 2. The summed E-state index contributed by atoms with van der Waals surface area (Å²) >= 11 is 0. The Morgan fingerprint density at radius 1 is 1.00 bits per heavy atom. The fourth-order valence-electron chi connectivity index (χ4n) is 6.74. The lowest BCUT2D eigenvalue weighted by Crippen LogP contribution is -2.41. The van der Waals surface area contributed by atoms with Gasteiger partial charge in [0.2, 0.25) is 0 Å². The molecule has 0 spiro atoms. The van der Waals surface area contributed by atoms with Crippen molar-refractivity contribution in [1.82, 2.24) is 28.9 Å². The van der Waals surface area contributed by atoms with Crippen LogP contribution in [-0.2, 0) is 17.7 Å². The Balaban J connectivity index is 1.13. The highest BCUT2D eigenvalue weighted by atomic mass is 16.6. The van der Waals surface area contributed by atoms with E-state index in [0.717, 1.165) is 47.5 Å². The van der Waals surface area contributed by atoms with E-state index in [-0.39, 0.29) is 23.1 Å². The van der Waals surface area contributed by atoms with Crippen LogP contribution >= 0.6 is 0 Å². The van der Waals surface area contributed by atoms with Crippen LogP contribution in [0.25, 0.3) is 22.3 Å². The molecule has 0 unspecified atom stereocenters. The minimum Gasteiger partial charge on any atom is -0.444 e. The molecule has 7 rings (SSSR count). The van der Waals surface area contributed by atoms with Gasteiger partial charge >= 0.3 is 6.09 Å². The molecule has 1 fully saturated rings. The zero-order valence-electron chi connectivity index (χ0n) is 26.8. The van der Waals surface area contributed by atoms with Gasteiger partial charge in [-0.2, -0.15) is 5.10 Å². The van der Waals surface area contributed by atoms with E-state index < -0.39 is 11.5 Å². The lowest BCUT2D eigenvalue weighted by Gasteiger charge is -2.33. The largest absolute Gasteiger partial charge is 0.444 e. The zero-order chi connectivity index (χ0) is 32.9. The fourth-order valence-corrected chi connectivity index (χ4v) is 6.74. The number of amides is 2. The Hall–Kier alpha value is -5.39. The number of nitrogens with zero attached hydrogens (tertiary/aromatic N) is 6. The minimum absolute atomic E-state index is 0.159. The molecule has 0 radical (unpaired) electrons. The van der Waals surface area contributed by atoms with Crippen LogP contribution in [0.5, 0.6) is 0 Å². The van der Waals surface area contributed by atoms with Gasteiger partial charge in [0.25, 0.3) is 11.5 Å². The summed E-state index contributed by atoms with van der Waals surface area (Å²) in [6, 6.07) is 19.0. The standard InChI is InChI=1S/C35H38N8O4/c1-35(2,3)47-34(46)40-18-15-23(16-19-40)28-20-26(30-31(36)37-21-38-42(28)30)22-11-13-24(14-12-22)39-32(44)29-27-10-7-17-41(27)43(33(29)45)25-8-5-4-6-9-25/h4-6,8-9,11-14,20-21,23H,7,10,15-19H2,1-3H3,(H,39,44)(H2,36,37,38). The normalized spacial score (nSPS) is 15.2. The number of anilines is 2. The van der Waals surface area contributed by atoms with Crippen LogP contribution in [0, 0.1) is 0 Å². The van der Waals surface area contributed by atoms with Crippen molar-refractivity contribution in [1.29, 1.82) is 0 Å². The number of benzene rings is 2. The molecule has 2 aromatic carbocycles. The molecule has 12 nitrogen and oxygen atoms in total. The van der Waals surface area contributed by atoms with Crippen molar-refractivity contribution in [2.45, 2.75) is 64.5 Å². The van der Waals surface area contributed by atoms with Crippen LogP contribution in [-0.4, -0.2) is 59.6 Å². The van der Waals surface area contributed by atoms with Crippen LogP contribution in [0.3, 0.4) is 0 Å². The van der Waals surface area contributed by atoms with Gasteiger partial charge < -0.3 is 20.7 Å². The predicted molar refractivity (Wildman–Crippen MR) is 179 cm³/mol. The van der Waals surface area contributed by atoms with E-state index in [9.17, 15) is 14.4 Å². The highest BCUT2D eigenvalue weighted by Gasteiger charge is 2.31. The molecule has 2 aliphatic rings. The molecule has 0 aliphatic carbocycles. The molecule has 2 amide bonds. The Kier molecular flexibility index (Phi) is 7.57. The average Bonchev–Trinajstić information content (AvgIpc) is 3.74. The third-order valence-corrected chi connectivity index (χ3v) is 8.89. The quantitative estimate of drug-likeness (QED) is 0.269. The van der Waals surface area contributed by atoms with E-state index >= 15 is 0 Å². The summed E-state index contributed by atoms with van der Waals surface area (Å²) in [5.41, 5.74) is 11.2. The number of ether oxygens (including phenoxy) is 1. The first-order valence-electron chi connectivity index (χ1n) is 16.0. The third-order valence-electron chi connectivity index (χ3n) is 8.89. The molecule has 47 heavy (non-hydrogen) atoms. The first-order valence-corrected chi connectivity index (χ1v) is 16.0. The van der Waals surface area contributed by atoms with Gasteiger partial charge in [-0.3, -0.25) is 14.3 Å².